The Bertz CT molecular complexity index is 2650. The highest BCUT2D eigenvalue weighted by Gasteiger charge is 2.61. The van der Waals surface area contributed by atoms with Crippen LogP contribution in [0.2, 0.25) is 0 Å². The molecule has 5 aromatic carbocycles. The highest BCUT2D eigenvalue weighted by atomic mass is 16.8. The van der Waals surface area contributed by atoms with Crippen molar-refractivity contribution in [2.45, 2.75) is 108 Å². The summed E-state index contributed by atoms with van der Waals surface area (Å²) in [6, 6.07) is 40.8. The van der Waals surface area contributed by atoms with E-state index in [1.165, 1.54) is 18.4 Å². The molecule has 0 radical (unpaired) electrons. The van der Waals surface area contributed by atoms with Crippen molar-refractivity contribution in [3.05, 3.63) is 191 Å². The summed E-state index contributed by atoms with van der Waals surface area (Å²) < 4.78 is 63.7. The predicted molar refractivity (Wildman–Crippen MR) is 257 cm³/mol. The second-order valence-electron chi connectivity index (χ2n) is 17.3. The second kappa shape index (κ2) is 24.3. The summed E-state index contributed by atoms with van der Waals surface area (Å²) in [5.74, 6) is -5.15. The summed E-state index contributed by atoms with van der Waals surface area (Å²) >= 11 is 0. The number of carbonyl (C=O) groups excluding carboxylic acids is 6. The van der Waals surface area contributed by atoms with Crippen molar-refractivity contribution < 1.29 is 76.1 Å². The number of ether oxygens (including phenoxy) is 10. The van der Waals surface area contributed by atoms with Crippen molar-refractivity contribution in [3.63, 3.8) is 0 Å². The van der Waals surface area contributed by atoms with Crippen molar-refractivity contribution in [2.24, 2.45) is 0 Å². The van der Waals surface area contributed by atoms with Gasteiger partial charge in [0.2, 0.25) is 6.29 Å². The number of amides is 2. The van der Waals surface area contributed by atoms with E-state index < -0.39 is 110 Å². The minimum Gasteiger partial charge on any atom is -0.470 e. The Balaban J connectivity index is 1.30. The summed E-state index contributed by atoms with van der Waals surface area (Å²) in [4.78, 5) is 83.9. The number of hydrogen-bond donors (Lipinski definition) is 0. The topological polar surface area (TPSA) is 198 Å². The van der Waals surface area contributed by atoms with Gasteiger partial charge in [-0.15, -0.1) is 0 Å². The predicted octanol–water partition coefficient (Wildman–Crippen LogP) is 6.97. The zero-order valence-electron chi connectivity index (χ0n) is 40.5. The molecule has 73 heavy (non-hydrogen) atoms. The molecule has 8 rings (SSSR count). The summed E-state index contributed by atoms with van der Waals surface area (Å²) in [5.41, 5.74) is 2.73. The third-order valence-electron chi connectivity index (χ3n) is 12.2. The normalized spacial score (nSPS) is 24.7. The van der Waals surface area contributed by atoms with Gasteiger partial charge in [-0.05, 0) is 41.3 Å². The van der Waals surface area contributed by atoms with E-state index in [4.69, 9.17) is 47.4 Å². The molecule has 2 fully saturated rings. The minimum absolute atomic E-state index is 0.0108. The highest BCUT2D eigenvalue weighted by molar-refractivity contribution is 6.21. The lowest BCUT2D eigenvalue weighted by atomic mass is 9.93. The first-order valence-electron chi connectivity index (χ1n) is 23.7. The van der Waals surface area contributed by atoms with E-state index in [-0.39, 0.29) is 24.3 Å². The highest BCUT2D eigenvalue weighted by Crippen LogP contribution is 2.40. The maximum Gasteiger partial charge on any atom is 0.339 e. The number of rotatable bonds is 19. The van der Waals surface area contributed by atoms with Crippen LogP contribution < -0.4 is 0 Å². The number of carbonyl (C=O) groups is 6. The molecule has 0 N–H and O–H groups in total. The molecular formula is C56H55NO16. The lowest BCUT2D eigenvalue weighted by Crippen LogP contribution is -2.70. The van der Waals surface area contributed by atoms with E-state index in [1.54, 1.807) is 73.7 Å². The van der Waals surface area contributed by atoms with E-state index in [0.29, 0.717) is 16.7 Å². The first-order chi connectivity index (χ1) is 35.4. The Morgan fingerprint density at radius 2 is 1.07 bits per heavy atom. The van der Waals surface area contributed by atoms with Gasteiger partial charge in [-0.2, -0.15) is 0 Å². The molecule has 380 valence electrons. The largest absolute Gasteiger partial charge is 0.470 e. The van der Waals surface area contributed by atoms with E-state index in [9.17, 15) is 24.0 Å². The van der Waals surface area contributed by atoms with Gasteiger partial charge in [0.1, 0.15) is 37.1 Å². The molecule has 0 spiro atoms. The molecule has 3 aliphatic heterocycles. The van der Waals surface area contributed by atoms with Gasteiger partial charge in [0.15, 0.2) is 30.7 Å². The maximum atomic E-state index is 15.4. The van der Waals surface area contributed by atoms with Gasteiger partial charge in [-0.25, -0.2) is 4.79 Å². The van der Waals surface area contributed by atoms with Crippen molar-refractivity contribution in [3.8, 4) is 0 Å². The van der Waals surface area contributed by atoms with Gasteiger partial charge in [0, 0.05) is 20.8 Å². The van der Waals surface area contributed by atoms with Crippen LogP contribution in [0.1, 0.15) is 76.8 Å². The Morgan fingerprint density at radius 1 is 0.575 bits per heavy atom. The molecule has 2 amide bonds. The molecule has 0 aliphatic carbocycles. The molecule has 3 heterocycles. The van der Waals surface area contributed by atoms with Gasteiger partial charge in [-0.1, -0.05) is 140 Å². The first-order valence-corrected chi connectivity index (χ1v) is 23.7. The maximum absolute atomic E-state index is 15.4. The molecular weight excluding hydrogens is 943 g/mol. The van der Waals surface area contributed by atoms with Crippen molar-refractivity contribution in [2.75, 3.05) is 6.61 Å². The summed E-state index contributed by atoms with van der Waals surface area (Å²) in [7, 11) is 0. The van der Waals surface area contributed by atoms with E-state index in [1.807, 2.05) is 72.8 Å². The molecule has 0 saturated carbocycles. The summed E-state index contributed by atoms with van der Waals surface area (Å²) in [6.07, 6.45) is -12.2. The Kier molecular flexibility index (Phi) is 17.2. The van der Waals surface area contributed by atoms with Crippen molar-refractivity contribution in [1.82, 2.24) is 4.90 Å². The number of imide groups is 1. The minimum atomic E-state index is -1.91. The number of benzene rings is 5. The van der Waals surface area contributed by atoms with Crippen LogP contribution in [0, 0.1) is 0 Å². The molecule has 17 nitrogen and oxygen atoms in total. The van der Waals surface area contributed by atoms with Crippen LogP contribution in [0.3, 0.4) is 0 Å². The standard InChI is InChI=1S/C56H55NO16/c1-5-30-64-56-51(67-32-38-22-12-7-13-23-38)48(66-31-37-20-10-6-11-21-37)49(50(73-56)54(63)71-45(39-24-14-8-15-25-39)40-26-16-9-17-27-40)72-55-44(57-52(61)41-28-18-19-29-42(41)53(57)62)47(69-36(4)60)46(68-35(3)59)43(70-55)33-65-34(2)58/h5-30,43-51,55-56H,31-33H2,1-4H3/t43-,44-,46+,47-,48+,49+,50+,51-,55+,56+/m1/s1. The van der Waals surface area contributed by atoms with Gasteiger partial charge in [0.25, 0.3) is 11.8 Å². The first kappa shape index (κ1) is 51.8. The fourth-order valence-electron chi connectivity index (χ4n) is 8.98. The zero-order chi connectivity index (χ0) is 51.4. The molecule has 2 saturated heterocycles. The van der Waals surface area contributed by atoms with Gasteiger partial charge in [-0.3, -0.25) is 28.9 Å². The van der Waals surface area contributed by atoms with Gasteiger partial charge in [0.05, 0.1) is 30.6 Å². The fourth-order valence-corrected chi connectivity index (χ4v) is 8.98. The number of hydrogen-bond acceptors (Lipinski definition) is 16. The van der Waals surface area contributed by atoms with Gasteiger partial charge >= 0.3 is 23.9 Å². The number of allylic oxidation sites excluding steroid dienone is 1. The molecule has 0 bridgehead atoms. The van der Waals surface area contributed by atoms with Crippen molar-refractivity contribution >= 4 is 35.7 Å². The van der Waals surface area contributed by atoms with E-state index in [2.05, 4.69) is 0 Å². The quantitative estimate of drug-likeness (QED) is 0.0356. The summed E-state index contributed by atoms with van der Waals surface area (Å²) in [6.45, 7) is 4.35. The average Bonchev–Trinajstić information content (AvgIpc) is 3.65. The number of fused-ring (bicyclic) bond motifs is 1. The third kappa shape index (κ3) is 12.4. The third-order valence-corrected chi connectivity index (χ3v) is 12.2. The molecule has 0 unspecified atom stereocenters. The number of nitrogens with zero attached hydrogens (tertiary/aromatic N) is 1. The molecule has 3 aliphatic rings. The van der Waals surface area contributed by atoms with Crippen LogP contribution >= 0.6 is 0 Å². The Hall–Kier alpha value is -7.54. The van der Waals surface area contributed by atoms with E-state index >= 15 is 4.79 Å². The van der Waals surface area contributed by atoms with Crippen LogP contribution in [-0.4, -0.2) is 109 Å². The van der Waals surface area contributed by atoms with Crippen LogP contribution in [0.25, 0.3) is 0 Å². The number of esters is 4. The van der Waals surface area contributed by atoms with Crippen LogP contribution in [0.15, 0.2) is 158 Å². The van der Waals surface area contributed by atoms with Crippen molar-refractivity contribution in [1.29, 1.82) is 0 Å². The van der Waals surface area contributed by atoms with Gasteiger partial charge < -0.3 is 47.4 Å². The molecule has 17 heteroatoms. The molecule has 0 aromatic heterocycles. The molecule has 5 aromatic rings. The van der Waals surface area contributed by atoms with Crippen LogP contribution in [0.4, 0.5) is 0 Å². The molecule has 10 atom stereocenters. The monoisotopic (exact) mass is 997 g/mol. The lowest BCUT2D eigenvalue weighted by Gasteiger charge is -2.50. The fraction of sp³-hybridized carbons (Fsp3) is 0.321. The average molecular weight is 998 g/mol. The lowest BCUT2D eigenvalue weighted by molar-refractivity contribution is -0.351. The summed E-state index contributed by atoms with van der Waals surface area (Å²) in [5, 5.41) is 0. The van der Waals surface area contributed by atoms with Crippen LogP contribution in [0.5, 0.6) is 0 Å². The zero-order valence-corrected chi connectivity index (χ0v) is 40.5. The smallest absolute Gasteiger partial charge is 0.339 e. The Labute approximate surface area is 421 Å². The van der Waals surface area contributed by atoms with E-state index in [0.717, 1.165) is 31.2 Å². The Morgan fingerprint density at radius 3 is 1.58 bits per heavy atom. The second-order valence-corrected chi connectivity index (χ2v) is 17.3. The SMILES string of the molecule is CC=CO[C@H]1O[C@H](C(=O)OC(c2ccccc2)c2ccccc2)[C@@H](O[C@@H]2O[C@H](COC(C)=O)[C@H](OC(C)=O)[C@H](OC(C)=O)[C@H]2N2C(=O)c3ccccc3C2=O)[C@H](OCc2ccccc2)[C@H]1OCc1ccccc1. The van der Waals surface area contributed by atoms with Crippen LogP contribution in [-0.2, 0) is 79.8 Å².